The lowest BCUT2D eigenvalue weighted by Gasteiger charge is -2.42. The van der Waals surface area contributed by atoms with Crippen LogP contribution < -0.4 is 5.32 Å². The summed E-state index contributed by atoms with van der Waals surface area (Å²) in [5.74, 6) is -1.10. The Hall–Kier alpha value is -1.96. The van der Waals surface area contributed by atoms with E-state index in [1.165, 1.54) is 6.20 Å². The molecule has 8 nitrogen and oxygen atoms in total. The van der Waals surface area contributed by atoms with Crippen LogP contribution in [0.25, 0.3) is 0 Å². The molecule has 0 aromatic carbocycles. The molecule has 1 atom stereocenters. The molecule has 0 aliphatic carbocycles. The quantitative estimate of drug-likeness (QED) is 0.819. The lowest BCUT2D eigenvalue weighted by molar-refractivity contribution is -0.129. The molecule has 1 aromatic heterocycles. The van der Waals surface area contributed by atoms with Gasteiger partial charge in [0.2, 0.25) is 5.91 Å². The maximum absolute atomic E-state index is 12.1. The predicted molar refractivity (Wildman–Crippen MR) is 74.9 cm³/mol. The van der Waals surface area contributed by atoms with E-state index in [1.807, 2.05) is 32.6 Å². The molecular weight excluding hydrogens is 274 g/mol. The summed E-state index contributed by atoms with van der Waals surface area (Å²) in [6, 6.07) is -0.154. The van der Waals surface area contributed by atoms with E-state index in [2.05, 4.69) is 15.6 Å². The Morgan fingerprint density at radius 3 is 2.52 bits per heavy atom. The predicted octanol–water partition coefficient (Wildman–Crippen LogP) is 0.136. The van der Waals surface area contributed by atoms with Gasteiger partial charge in [-0.3, -0.25) is 9.69 Å². The average molecular weight is 295 g/mol. The summed E-state index contributed by atoms with van der Waals surface area (Å²) in [6.07, 6.45) is 1.42. The van der Waals surface area contributed by atoms with Gasteiger partial charge in [-0.1, -0.05) is 5.21 Å². The van der Waals surface area contributed by atoms with Crippen LogP contribution in [0.1, 0.15) is 44.2 Å². The van der Waals surface area contributed by atoms with E-state index >= 15 is 0 Å². The number of nitrogens with zero attached hydrogens (tertiary/aromatic N) is 4. The smallest absolute Gasteiger partial charge is 0.358 e. The molecule has 2 rings (SSSR count). The zero-order chi connectivity index (χ0) is 15.8. The van der Waals surface area contributed by atoms with Crippen molar-refractivity contribution in [2.24, 2.45) is 0 Å². The minimum Gasteiger partial charge on any atom is -0.476 e. The average Bonchev–Trinajstić information content (AvgIpc) is 2.73. The second-order valence-corrected chi connectivity index (χ2v) is 6.41. The van der Waals surface area contributed by atoms with Gasteiger partial charge in [0.25, 0.3) is 0 Å². The summed E-state index contributed by atoms with van der Waals surface area (Å²) in [5, 5.41) is 19.2. The number of carboxylic acids is 1. The first kappa shape index (κ1) is 15.4. The lowest BCUT2D eigenvalue weighted by Crippen LogP contribution is -2.58. The summed E-state index contributed by atoms with van der Waals surface area (Å²) in [7, 11) is 0. The van der Waals surface area contributed by atoms with Gasteiger partial charge in [0.15, 0.2) is 5.69 Å². The first-order valence-corrected chi connectivity index (χ1v) is 6.88. The van der Waals surface area contributed by atoms with Crippen molar-refractivity contribution >= 4 is 11.9 Å². The highest BCUT2D eigenvalue weighted by Gasteiger charge is 2.36. The first-order valence-electron chi connectivity index (χ1n) is 6.88. The van der Waals surface area contributed by atoms with Gasteiger partial charge in [0.05, 0.1) is 18.3 Å². The monoisotopic (exact) mass is 295 g/mol. The van der Waals surface area contributed by atoms with Crippen molar-refractivity contribution in [3.05, 3.63) is 11.9 Å². The molecule has 0 saturated carbocycles. The zero-order valence-electron chi connectivity index (χ0n) is 12.7. The Kier molecular flexibility index (Phi) is 3.99. The second-order valence-electron chi connectivity index (χ2n) is 6.41. The fraction of sp³-hybridized carbons (Fsp3) is 0.692. The minimum absolute atomic E-state index is 0.00855. The van der Waals surface area contributed by atoms with Crippen molar-refractivity contribution < 1.29 is 14.7 Å². The molecule has 21 heavy (non-hydrogen) atoms. The van der Waals surface area contributed by atoms with Gasteiger partial charge in [-0.2, -0.15) is 0 Å². The van der Waals surface area contributed by atoms with E-state index in [0.29, 0.717) is 13.1 Å². The van der Waals surface area contributed by atoms with Gasteiger partial charge in [-0.15, -0.1) is 5.10 Å². The van der Waals surface area contributed by atoms with Crippen molar-refractivity contribution in [1.29, 1.82) is 0 Å². The molecule has 0 spiro atoms. The number of likely N-dealkylation sites (tertiary alicyclic amines) is 1. The molecule has 0 radical (unpaired) electrons. The van der Waals surface area contributed by atoms with Gasteiger partial charge in [0.1, 0.15) is 0 Å². The van der Waals surface area contributed by atoms with Crippen LogP contribution in [-0.2, 0) is 4.79 Å². The van der Waals surface area contributed by atoms with Crippen molar-refractivity contribution in [2.45, 2.75) is 45.3 Å². The molecule has 2 N–H and O–H groups in total. The Morgan fingerprint density at radius 2 is 2.05 bits per heavy atom. The molecule has 2 heterocycles. The molecule has 8 heteroatoms. The topological polar surface area (TPSA) is 100 Å². The van der Waals surface area contributed by atoms with Crippen LogP contribution in [0.5, 0.6) is 0 Å². The summed E-state index contributed by atoms with van der Waals surface area (Å²) in [4.78, 5) is 24.8. The fourth-order valence-corrected chi connectivity index (χ4v) is 2.16. The Bertz CT molecular complexity index is 542. The second kappa shape index (κ2) is 5.44. The Labute approximate surface area is 123 Å². The van der Waals surface area contributed by atoms with Gasteiger partial charge in [0, 0.05) is 18.6 Å². The molecule has 116 valence electrons. The molecule has 1 saturated heterocycles. The molecule has 0 bridgehead atoms. The van der Waals surface area contributed by atoms with Crippen molar-refractivity contribution in [2.75, 3.05) is 13.1 Å². The number of hydrogen-bond donors (Lipinski definition) is 2. The van der Waals surface area contributed by atoms with Crippen LogP contribution in [0.2, 0.25) is 0 Å². The molecule has 1 aromatic rings. The van der Waals surface area contributed by atoms with Crippen molar-refractivity contribution in [1.82, 2.24) is 25.2 Å². The van der Waals surface area contributed by atoms with E-state index in [1.54, 1.807) is 4.68 Å². The van der Waals surface area contributed by atoms with Gasteiger partial charge >= 0.3 is 5.97 Å². The van der Waals surface area contributed by atoms with Gasteiger partial charge in [-0.25, -0.2) is 9.48 Å². The van der Waals surface area contributed by atoms with E-state index in [0.717, 1.165) is 0 Å². The third kappa shape index (κ3) is 3.57. The Balaban J connectivity index is 1.88. The van der Waals surface area contributed by atoms with Crippen LogP contribution in [0.3, 0.4) is 0 Å². The number of carbonyl (C=O) groups is 2. The normalized spacial score (nSPS) is 18.1. The van der Waals surface area contributed by atoms with Crippen LogP contribution in [0, 0.1) is 0 Å². The summed E-state index contributed by atoms with van der Waals surface area (Å²) >= 11 is 0. The van der Waals surface area contributed by atoms with E-state index in [9.17, 15) is 9.59 Å². The Morgan fingerprint density at radius 1 is 1.43 bits per heavy atom. The molecular formula is C13H21N5O3. The molecule has 1 unspecified atom stereocenters. The zero-order valence-corrected chi connectivity index (χ0v) is 12.7. The molecule has 1 amide bonds. The van der Waals surface area contributed by atoms with Crippen molar-refractivity contribution in [3.8, 4) is 0 Å². The van der Waals surface area contributed by atoms with E-state index < -0.39 is 5.97 Å². The number of rotatable bonds is 4. The molecule has 1 aliphatic heterocycles. The maximum Gasteiger partial charge on any atom is 0.358 e. The number of carbonyl (C=O) groups excluding carboxylic acids is 1. The van der Waals surface area contributed by atoms with Gasteiger partial charge in [-0.05, 0) is 27.7 Å². The highest BCUT2D eigenvalue weighted by molar-refractivity contribution is 5.84. The van der Waals surface area contributed by atoms with Crippen molar-refractivity contribution in [3.63, 3.8) is 0 Å². The summed E-state index contributed by atoms with van der Waals surface area (Å²) < 4.78 is 1.55. The number of nitrogens with one attached hydrogen (secondary N) is 1. The minimum atomic E-state index is -1.09. The fourth-order valence-electron chi connectivity index (χ4n) is 2.16. The SMILES string of the molecule is CC(C(=O)NC(C)(C)C)N1CC(n2cc(C(=O)O)nn2)C1. The third-order valence-electron chi connectivity index (χ3n) is 3.42. The van der Waals surface area contributed by atoms with Crippen LogP contribution >= 0.6 is 0 Å². The third-order valence-corrected chi connectivity index (χ3v) is 3.42. The summed E-state index contributed by atoms with van der Waals surface area (Å²) in [6.45, 7) is 9.00. The molecule has 1 aliphatic rings. The number of amides is 1. The van der Waals surface area contributed by atoms with Crippen LogP contribution in [0.15, 0.2) is 6.20 Å². The number of aromatic carboxylic acids is 1. The number of hydrogen-bond acceptors (Lipinski definition) is 5. The maximum atomic E-state index is 12.1. The van der Waals surface area contributed by atoms with E-state index in [-0.39, 0.29) is 29.2 Å². The van der Waals surface area contributed by atoms with Crippen LogP contribution in [0.4, 0.5) is 0 Å². The largest absolute Gasteiger partial charge is 0.476 e. The van der Waals surface area contributed by atoms with E-state index in [4.69, 9.17) is 5.11 Å². The highest BCUT2D eigenvalue weighted by Crippen LogP contribution is 2.23. The van der Waals surface area contributed by atoms with Gasteiger partial charge < -0.3 is 10.4 Å². The number of carboxylic acid groups (broad SMARTS) is 1. The lowest BCUT2D eigenvalue weighted by atomic mass is 10.0. The molecule has 1 fully saturated rings. The standard InChI is InChI=1S/C13H21N5O3/c1-8(11(19)14-13(2,3)4)17-5-9(6-17)18-7-10(12(20)21)15-16-18/h7-9H,5-6H2,1-4H3,(H,14,19)(H,20,21). The van der Waals surface area contributed by atoms with Crippen LogP contribution in [-0.4, -0.2) is 61.5 Å². The highest BCUT2D eigenvalue weighted by atomic mass is 16.4. The summed E-state index contributed by atoms with van der Waals surface area (Å²) in [5.41, 5.74) is -0.315. The number of aromatic nitrogens is 3. The first-order chi connectivity index (χ1) is 9.67.